The van der Waals surface area contributed by atoms with E-state index < -0.39 is 10.4 Å². The van der Waals surface area contributed by atoms with Crippen LogP contribution in [0.5, 0.6) is 11.5 Å². The van der Waals surface area contributed by atoms with Crippen LogP contribution < -0.4 is 8.92 Å². The van der Waals surface area contributed by atoms with Crippen LogP contribution in [-0.4, -0.2) is 57.2 Å². The molecule has 0 aliphatic carbocycles. The van der Waals surface area contributed by atoms with Crippen LogP contribution in [0.3, 0.4) is 0 Å². The molecule has 25 heavy (non-hydrogen) atoms. The Morgan fingerprint density at radius 3 is 2.52 bits per heavy atom. The van der Waals surface area contributed by atoms with E-state index in [1.54, 1.807) is 11.8 Å². The highest BCUT2D eigenvalue weighted by Crippen LogP contribution is 2.37. The lowest BCUT2D eigenvalue weighted by Crippen LogP contribution is -2.40. The minimum absolute atomic E-state index is 0.0456. The molecule has 1 aromatic heterocycles. The summed E-state index contributed by atoms with van der Waals surface area (Å²) in [5, 5.41) is 0.369. The van der Waals surface area contributed by atoms with Gasteiger partial charge < -0.3 is 23.0 Å². The van der Waals surface area contributed by atoms with Crippen molar-refractivity contribution in [2.24, 2.45) is 0 Å². The largest absolute Gasteiger partial charge is 0.493 e. The number of morpholine rings is 1. The van der Waals surface area contributed by atoms with Crippen molar-refractivity contribution in [3.63, 3.8) is 0 Å². The average molecular weight is 371 g/mol. The second-order valence-electron chi connectivity index (χ2n) is 5.45. The molecule has 0 spiro atoms. The summed E-state index contributed by atoms with van der Waals surface area (Å²) in [6, 6.07) is 2.70. The summed E-state index contributed by atoms with van der Waals surface area (Å²) in [5.74, 6) is -0.0568. The third kappa shape index (κ3) is 3.55. The number of methoxy groups -OCH3 is 1. The van der Waals surface area contributed by atoms with Gasteiger partial charge in [-0.1, -0.05) is 0 Å². The molecule has 3 rings (SSSR count). The molecule has 1 aromatic carbocycles. The molecule has 1 aliphatic heterocycles. The maximum atomic E-state index is 12.8. The first-order valence-corrected chi connectivity index (χ1v) is 8.81. The van der Waals surface area contributed by atoms with Gasteiger partial charge in [-0.25, -0.2) is 0 Å². The fraction of sp³-hybridized carbons (Fsp3) is 0.400. The van der Waals surface area contributed by atoms with E-state index in [1.807, 2.05) is 0 Å². The number of benzene rings is 1. The first kappa shape index (κ1) is 17.5. The van der Waals surface area contributed by atoms with Gasteiger partial charge in [-0.3, -0.25) is 9.35 Å². The van der Waals surface area contributed by atoms with Crippen LogP contribution in [0.2, 0.25) is 0 Å². The smallest absolute Gasteiger partial charge is 0.446 e. The van der Waals surface area contributed by atoms with Gasteiger partial charge in [0.2, 0.25) is 0 Å². The monoisotopic (exact) mass is 371 g/mol. The Bertz CT molecular complexity index is 911. The van der Waals surface area contributed by atoms with Gasteiger partial charge in [0, 0.05) is 24.5 Å². The van der Waals surface area contributed by atoms with Crippen LogP contribution in [0.25, 0.3) is 11.0 Å². The molecule has 136 valence electrons. The third-order valence-electron chi connectivity index (χ3n) is 3.86. The van der Waals surface area contributed by atoms with Crippen LogP contribution >= 0.6 is 0 Å². The van der Waals surface area contributed by atoms with Gasteiger partial charge in [0.1, 0.15) is 11.3 Å². The highest BCUT2D eigenvalue weighted by molar-refractivity contribution is 7.81. The number of carbonyl (C=O) groups excluding carboxylic acids is 1. The van der Waals surface area contributed by atoms with Gasteiger partial charge in [0.15, 0.2) is 11.5 Å². The summed E-state index contributed by atoms with van der Waals surface area (Å²) in [7, 11) is -3.43. The number of nitrogens with zero attached hydrogens (tertiary/aromatic N) is 1. The number of carbonyl (C=O) groups is 1. The minimum atomic E-state index is -4.75. The lowest BCUT2D eigenvalue weighted by molar-refractivity contribution is 0.0303. The molecule has 1 fully saturated rings. The van der Waals surface area contributed by atoms with Gasteiger partial charge >= 0.3 is 10.4 Å². The molecule has 9 nitrogen and oxygen atoms in total. The van der Waals surface area contributed by atoms with Gasteiger partial charge in [-0.15, -0.1) is 0 Å². The normalized spacial score (nSPS) is 15.4. The standard InChI is InChI=1S/C15H17NO8S/c1-9-14(15(17)16-3-5-22-6-4-16)10-7-13(24-25(18,19)20)12(21-2)8-11(10)23-9/h7-8H,3-6H2,1-2H3,(H,18,19,20). The molecule has 0 saturated carbocycles. The molecule has 1 N–H and O–H groups in total. The van der Waals surface area contributed by atoms with Crippen LogP contribution in [0.4, 0.5) is 0 Å². The van der Waals surface area contributed by atoms with E-state index in [0.717, 1.165) is 0 Å². The van der Waals surface area contributed by atoms with E-state index in [2.05, 4.69) is 4.18 Å². The molecule has 0 radical (unpaired) electrons. The van der Waals surface area contributed by atoms with Gasteiger partial charge in [-0.05, 0) is 13.0 Å². The highest BCUT2D eigenvalue weighted by atomic mass is 32.3. The van der Waals surface area contributed by atoms with Crippen LogP contribution in [0.1, 0.15) is 16.1 Å². The molecule has 10 heteroatoms. The zero-order valence-corrected chi connectivity index (χ0v) is 14.5. The van der Waals surface area contributed by atoms with Crippen LogP contribution in [0, 0.1) is 6.92 Å². The number of hydrogen-bond acceptors (Lipinski definition) is 7. The van der Waals surface area contributed by atoms with Crippen molar-refractivity contribution in [1.29, 1.82) is 0 Å². The molecule has 1 aliphatic rings. The molecular weight excluding hydrogens is 354 g/mol. The fourth-order valence-corrected chi connectivity index (χ4v) is 3.11. The van der Waals surface area contributed by atoms with E-state index in [-0.39, 0.29) is 17.4 Å². The predicted octanol–water partition coefficient (Wildman–Crippen LogP) is 1.40. The van der Waals surface area contributed by atoms with Crippen molar-refractivity contribution < 1.29 is 35.8 Å². The maximum absolute atomic E-state index is 12.8. The second-order valence-corrected chi connectivity index (χ2v) is 6.47. The Morgan fingerprint density at radius 1 is 1.24 bits per heavy atom. The molecule has 2 heterocycles. The molecule has 2 aromatic rings. The van der Waals surface area contributed by atoms with E-state index in [1.165, 1.54) is 19.2 Å². The Hall–Kier alpha value is -2.30. The number of furan rings is 1. The van der Waals surface area contributed by atoms with E-state index in [9.17, 15) is 13.2 Å². The SMILES string of the molecule is COc1cc2oc(C)c(C(=O)N3CCOCC3)c2cc1OS(=O)(=O)O. The predicted molar refractivity (Wildman–Crippen MR) is 86.4 cm³/mol. The van der Waals surface area contributed by atoms with Crippen molar-refractivity contribution >= 4 is 27.3 Å². The van der Waals surface area contributed by atoms with Gasteiger partial charge in [-0.2, -0.15) is 8.42 Å². The zero-order valence-electron chi connectivity index (χ0n) is 13.6. The number of hydrogen-bond donors (Lipinski definition) is 1. The van der Waals surface area contributed by atoms with E-state index in [4.69, 9.17) is 18.4 Å². The number of aryl methyl sites for hydroxylation is 1. The Labute approximate surface area is 144 Å². The molecule has 0 unspecified atom stereocenters. The van der Waals surface area contributed by atoms with E-state index in [0.29, 0.717) is 48.6 Å². The second kappa shape index (κ2) is 6.54. The van der Waals surface area contributed by atoms with Crippen LogP contribution in [0.15, 0.2) is 16.5 Å². The summed E-state index contributed by atoms with van der Waals surface area (Å²) >= 11 is 0. The summed E-state index contributed by atoms with van der Waals surface area (Å²) in [6.07, 6.45) is 0. The van der Waals surface area contributed by atoms with Crippen LogP contribution in [-0.2, 0) is 15.1 Å². The molecule has 1 saturated heterocycles. The fourth-order valence-electron chi connectivity index (χ4n) is 2.76. The van der Waals surface area contributed by atoms with Crippen molar-refractivity contribution in [3.8, 4) is 11.5 Å². The highest BCUT2D eigenvalue weighted by Gasteiger charge is 2.27. The Balaban J connectivity index is 2.11. The Morgan fingerprint density at radius 2 is 1.92 bits per heavy atom. The first-order chi connectivity index (χ1) is 11.8. The topological polar surface area (TPSA) is 116 Å². The van der Waals surface area contributed by atoms with Crippen molar-refractivity contribution in [2.45, 2.75) is 6.92 Å². The lowest BCUT2D eigenvalue weighted by atomic mass is 10.1. The summed E-state index contributed by atoms with van der Waals surface area (Å²) in [6.45, 7) is 3.45. The van der Waals surface area contributed by atoms with Crippen molar-refractivity contribution in [1.82, 2.24) is 4.90 Å². The van der Waals surface area contributed by atoms with Gasteiger partial charge in [0.25, 0.3) is 5.91 Å². The van der Waals surface area contributed by atoms with Crippen molar-refractivity contribution in [3.05, 3.63) is 23.5 Å². The quantitative estimate of drug-likeness (QED) is 0.802. The lowest BCUT2D eigenvalue weighted by Gasteiger charge is -2.26. The average Bonchev–Trinajstić information content (AvgIpc) is 2.87. The summed E-state index contributed by atoms with van der Waals surface area (Å²) < 4.78 is 51.5. The first-order valence-electron chi connectivity index (χ1n) is 7.45. The molecule has 0 bridgehead atoms. The van der Waals surface area contributed by atoms with E-state index >= 15 is 0 Å². The number of rotatable bonds is 4. The zero-order chi connectivity index (χ0) is 18.2. The third-order valence-corrected chi connectivity index (χ3v) is 4.25. The molecule has 0 atom stereocenters. The molecular formula is C15H17NO8S. The molecule has 1 amide bonds. The summed E-state index contributed by atoms with van der Waals surface area (Å²) in [5.41, 5.74) is 0.647. The number of ether oxygens (including phenoxy) is 2. The maximum Gasteiger partial charge on any atom is 0.446 e. The number of fused-ring (bicyclic) bond motifs is 1. The van der Waals surface area contributed by atoms with Gasteiger partial charge in [0.05, 0.1) is 25.9 Å². The minimum Gasteiger partial charge on any atom is -0.493 e. The summed E-state index contributed by atoms with van der Waals surface area (Å²) in [4.78, 5) is 14.5. The van der Waals surface area contributed by atoms with Crippen molar-refractivity contribution in [2.75, 3.05) is 33.4 Å². The number of amides is 1. The Kier molecular flexibility index (Phi) is 4.58.